The van der Waals surface area contributed by atoms with Crippen LogP contribution in [0.2, 0.25) is 5.02 Å². The molecule has 0 aliphatic rings. The summed E-state index contributed by atoms with van der Waals surface area (Å²) < 4.78 is 0. The molecule has 1 atom stereocenters. The number of hydrogen-bond acceptors (Lipinski definition) is 3. The second-order valence-electron chi connectivity index (χ2n) is 3.98. The number of aromatic hydroxyl groups is 1. The maximum Gasteiger partial charge on any atom is 0.330 e. The van der Waals surface area contributed by atoms with E-state index in [0.717, 1.165) is 0 Å². The van der Waals surface area contributed by atoms with Gasteiger partial charge in [0.2, 0.25) is 0 Å². The second kappa shape index (κ2) is 5.63. The summed E-state index contributed by atoms with van der Waals surface area (Å²) in [6.07, 6.45) is 0. The molecule has 4 nitrogen and oxygen atoms in total. The molecule has 0 saturated carbocycles. The van der Waals surface area contributed by atoms with Gasteiger partial charge in [-0.05, 0) is 30.3 Å². The lowest BCUT2D eigenvalue weighted by atomic mass is 10.1. The summed E-state index contributed by atoms with van der Waals surface area (Å²) in [5.41, 5.74) is 0.921. The van der Waals surface area contributed by atoms with Gasteiger partial charge in [0.15, 0.2) is 6.04 Å². The highest BCUT2D eigenvalue weighted by Crippen LogP contribution is 2.27. The monoisotopic (exact) mass is 277 g/mol. The van der Waals surface area contributed by atoms with Crippen LogP contribution in [0.1, 0.15) is 11.6 Å². The number of benzene rings is 2. The van der Waals surface area contributed by atoms with Crippen LogP contribution < -0.4 is 5.32 Å². The van der Waals surface area contributed by atoms with E-state index in [4.69, 9.17) is 11.6 Å². The first-order valence-corrected chi connectivity index (χ1v) is 5.98. The zero-order chi connectivity index (χ0) is 13.8. The molecule has 0 saturated heterocycles. The molecule has 1 unspecified atom stereocenters. The van der Waals surface area contributed by atoms with Crippen molar-refractivity contribution in [1.29, 1.82) is 0 Å². The van der Waals surface area contributed by atoms with E-state index >= 15 is 0 Å². The van der Waals surface area contributed by atoms with E-state index in [1.165, 1.54) is 6.07 Å². The smallest absolute Gasteiger partial charge is 0.330 e. The number of carboxylic acid groups (broad SMARTS) is 1. The Bertz CT molecular complexity index is 583. The average molecular weight is 278 g/mol. The van der Waals surface area contributed by atoms with E-state index < -0.39 is 12.0 Å². The third-order valence-electron chi connectivity index (χ3n) is 2.65. The van der Waals surface area contributed by atoms with Crippen LogP contribution in [0.5, 0.6) is 5.75 Å². The van der Waals surface area contributed by atoms with Crippen molar-refractivity contribution in [3.8, 4) is 5.75 Å². The van der Waals surface area contributed by atoms with Gasteiger partial charge >= 0.3 is 5.97 Å². The zero-order valence-electron chi connectivity index (χ0n) is 9.88. The normalized spacial score (nSPS) is 11.8. The summed E-state index contributed by atoms with van der Waals surface area (Å²) in [7, 11) is 0. The van der Waals surface area contributed by atoms with Crippen LogP contribution in [-0.4, -0.2) is 16.2 Å². The van der Waals surface area contributed by atoms with E-state index in [1.54, 1.807) is 42.5 Å². The molecule has 5 heteroatoms. The minimum absolute atomic E-state index is 0.0589. The molecule has 98 valence electrons. The fraction of sp³-hybridized carbons (Fsp3) is 0.0714. The molecular weight excluding hydrogens is 266 g/mol. The Morgan fingerprint density at radius 3 is 2.32 bits per heavy atom. The molecule has 2 rings (SSSR count). The Labute approximate surface area is 115 Å². The zero-order valence-corrected chi connectivity index (χ0v) is 10.6. The summed E-state index contributed by atoms with van der Waals surface area (Å²) in [6, 6.07) is 12.0. The van der Waals surface area contributed by atoms with Gasteiger partial charge in [-0.15, -0.1) is 0 Å². The van der Waals surface area contributed by atoms with Crippen molar-refractivity contribution in [3.63, 3.8) is 0 Å². The van der Waals surface area contributed by atoms with Gasteiger partial charge in [0, 0.05) is 16.3 Å². The molecule has 0 aliphatic carbocycles. The maximum absolute atomic E-state index is 11.3. The Kier molecular flexibility index (Phi) is 3.92. The van der Waals surface area contributed by atoms with Gasteiger partial charge in [-0.1, -0.05) is 29.8 Å². The van der Waals surface area contributed by atoms with Crippen molar-refractivity contribution in [2.45, 2.75) is 6.04 Å². The van der Waals surface area contributed by atoms with Crippen molar-refractivity contribution >= 4 is 23.3 Å². The number of rotatable bonds is 4. The molecule has 19 heavy (non-hydrogen) atoms. The van der Waals surface area contributed by atoms with Gasteiger partial charge in [0.05, 0.1) is 0 Å². The summed E-state index contributed by atoms with van der Waals surface area (Å²) in [4.78, 5) is 11.3. The van der Waals surface area contributed by atoms with E-state index in [9.17, 15) is 15.0 Å². The Morgan fingerprint density at radius 1 is 1.11 bits per heavy atom. The molecule has 2 aromatic rings. The second-order valence-corrected chi connectivity index (χ2v) is 4.42. The number of aliphatic carboxylic acids is 1. The lowest BCUT2D eigenvalue weighted by molar-refractivity contribution is -0.138. The van der Waals surface area contributed by atoms with Gasteiger partial charge in [0.25, 0.3) is 0 Å². The van der Waals surface area contributed by atoms with Gasteiger partial charge in [0.1, 0.15) is 5.75 Å². The molecule has 0 radical (unpaired) electrons. The van der Waals surface area contributed by atoms with Crippen LogP contribution >= 0.6 is 11.6 Å². The molecule has 0 fully saturated rings. The first-order valence-electron chi connectivity index (χ1n) is 5.61. The summed E-state index contributed by atoms with van der Waals surface area (Å²) in [6.45, 7) is 0. The minimum atomic E-state index is -1.07. The van der Waals surface area contributed by atoms with Crippen molar-refractivity contribution in [2.75, 3.05) is 5.32 Å². The minimum Gasteiger partial charge on any atom is -0.508 e. The van der Waals surface area contributed by atoms with Crippen molar-refractivity contribution in [2.24, 2.45) is 0 Å². The SMILES string of the molecule is O=C(O)C(Nc1ccc(Cl)cc1)c1ccccc1O. The summed E-state index contributed by atoms with van der Waals surface area (Å²) >= 11 is 5.77. The van der Waals surface area contributed by atoms with E-state index in [2.05, 4.69) is 5.32 Å². The number of hydrogen-bond donors (Lipinski definition) is 3. The van der Waals surface area contributed by atoms with E-state index in [-0.39, 0.29) is 5.75 Å². The van der Waals surface area contributed by atoms with Crippen molar-refractivity contribution in [3.05, 3.63) is 59.1 Å². The van der Waals surface area contributed by atoms with E-state index in [1.807, 2.05) is 0 Å². The van der Waals surface area contributed by atoms with Crippen LogP contribution in [0, 0.1) is 0 Å². The highest BCUT2D eigenvalue weighted by atomic mass is 35.5. The van der Waals surface area contributed by atoms with E-state index in [0.29, 0.717) is 16.3 Å². The third kappa shape index (κ3) is 3.17. The molecule has 0 spiro atoms. The number of para-hydroxylation sites is 1. The molecule has 0 aliphatic heterocycles. The largest absolute Gasteiger partial charge is 0.508 e. The molecule has 3 N–H and O–H groups in total. The summed E-state index contributed by atoms with van der Waals surface area (Å²) in [5.74, 6) is -1.13. The molecular formula is C14H12ClNO3. The van der Waals surface area contributed by atoms with Crippen LogP contribution in [0.4, 0.5) is 5.69 Å². The van der Waals surface area contributed by atoms with Crippen LogP contribution in [0.25, 0.3) is 0 Å². The number of phenolic OH excluding ortho intramolecular Hbond substituents is 1. The quantitative estimate of drug-likeness (QED) is 0.802. The topological polar surface area (TPSA) is 69.6 Å². The Balaban J connectivity index is 2.29. The molecule has 0 aromatic heterocycles. The van der Waals surface area contributed by atoms with Crippen LogP contribution in [0.15, 0.2) is 48.5 Å². The van der Waals surface area contributed by atoms with Gasteiger partial charge in [-0.2, -0.15) is 0 Å². The molecule has 0 bridgehead atoms. The number of nitrogens with one attached hydrogen (secondary N) is 1. The van der Waals surface area contributed by atoms with Gasteiger partial charge < -0.3 is 15.5 Å². The number of anilines is 1. The van der Waals surface area contributed by atoms with Gasteiger partial charge in [-0.3, -0.25) is 0 Å². The lowest BCUT2D eigenvalue weighted by Gasteiger charge is -2.17. The van der Waals surface area contributed by atoms with Crippen LogP contribution in [0.3, 0.4) is 0 Å². The average Bonchev–Trinajstić information content (AvgIpc) is 2.39. The third-order valence-corrected chi connectivity index (χ3v) is 2.90. The fourth-order valence-electron chi connectivity index (χ4n) is 1.72. The number of phenols is 1. The van der Waals surface area contributed by atoms with Crippen molar-refractivity contribution in [1.82, 2.24) is 0 Å². The highest BCUT2D eigenvalue weighted by molar-refractivity contribution is 6.30. The molecule has 2 aromatic carbocycles. The number of carboxylic acids is 1. The Hall–Kier alpha value is -2.20. The lowest BCUT2D eigenvalue weighted by Crippen LogP contribution is -2.20. The summed E-state index contributed by atoms with van der Waals surface area (Å²) in [5, 5.41) is 22.4. The highest BCUT2D eigenvalue weighted by Gasteiger charge is 2.22. The predicted molar refractivity (Wildman–Crippen MR) is 73.6 cm³/mol. The standard InChI is InChI=1S/C14H12ClNO3/c15-9-5-7-10(8-6-9)16-13(14(18)19)11-3-1-2-4-12(11)17/h1-8,13,16-17H,(H,18,19). The maximum atomic E-state index is 11.3. The fourth-order valence-corrected chi connectivity index (χ4v) is 1.84. The predicted octanol–water partition coefficient (Wildman–Crippen LogP) is 3.28. The molecule has 0 heterocycles. The van der Waals surface area contributed by atoms with Crippen LogP contribution in [-0.2, 0) is 4.79 Å². The first-order chi connectivity index (χ1) is 9.08. The Morgan fingerprint density at radius 2 is 1.74 bits per heavy atom. The van der Waals surface area contributed by atoms with Crippen molar-refractivity contribution < 1.29 is 15.0 Å². The first kappa shape index (κ1) is 13.2. The molecule has 0 amide bonds. The van der Waals surface area contributed by atoms with Gasteiger partial charge in [-0.25, -0.2) is 4.79 Å². The number of halogens is 1. The number of carbonyl (C=O) groups is 1.